The maximum Gasteiger partial charge on any atom is 0.287 e. The molecule has 0 saturated carbocycles. The van der Waals surface area contributed by atoms with Crippen molar-refractivity contribution in [3.63, 3.8) is 0 Å². The van der Waals surface area contributed by atoms with Gasteiger partial charge in [-0.25, -0.2) is 0 Å². The van der Waals surface area contributed by atoms with Crippen LogP contribution in [0, 0.1) is 0 Å². The van der Waals surface area contributed by atoms with Gasteiger partial charge >= 0.3 is 0 Å². The zero-order valence-electron chi connectivity index (χ0n) is 7.80. The normalized spacial score (nSPS) is 10.1. The number of hydrogen-bond acceptors (Lipinski definition) is 4. The van der Waals surface area contributed by atoms with Gasteiger partial charge < -0.3 is 0 Å². The van der Waals surface area contributed by atoms with Crippen LogP contribution < -0.4 is 4.06 Å². The Morgan fingerprint density at radius 1 is 1.20 bits per heavy atom. The molecule has 0 amide bonds. The highest BCUT2D eigenvalue weighted by atomic mass is 32.2. The molecule has 0 N–H and O–H groups in total. The summed E-state index contributed by atoms with van der Waals surface area (Å²) >= 11 is 2.31. The van der Waals surface area contributed by atoms with Crippen molar-refractivity contribution >= 4 is 28.5 Å². The third-order valence-electron chi connectivity index (χ3n) is 1.93. The lowest BCUT2D eigenvalue weighted by atomic mass is 10.1. The SMILES string of the molecule is O=C(Cc1csc(=O)s1)c1ccccc1. The van der Waals surface area contributed by atoms with E-state index in [4.69, 9.17) is 0 Å². The summed E-state index contributed by atoms with van der Waals surface area (Å²) in [5, 5.41) is 1.76. The second-order valence-corrected chi connectivity index (χ2v) is 5.22. The van der Waals surface area contributed by atoms with Gasteiger partial charge in [0.2, 0.25) is 0 Å². The van der Waals surface area contributed by atoms with Gasteiger partial charge in [-0.2, -0.15) is 0 Å². The molecule has 0 saturated heterocycles. The second-order valence-electron chi connectivity index (χ2n) is 3.02. The first-order valence-electron chi connectivity index (χ1n) is 4.41. The average molecular weight is 236 g/mol. The van der Waals surface area contributed by atoms with Crippen LogP contribution >= 0.6 is 22.7 Å². The zero-order valence-corrected chi connectivity index (χ0v) is 9.44. The Morgan fingerprint density at radius 2 is 1.93 bits per heavy atom. The van der Waals surface area contributed by atoms with Gasteiger partial charge in [0.25, 0.3) is 4.06 Å². The molecule has 2 rings (SSSR count). The molecule has 1 heterocycles. The Morgan fingerprint density at radius 3 is 2.53 bits per heavy atom. The van der Waals surface area contributed by atoms with Crippen LogP contribution in [-0.4, -0.2) is 5.78 Å². The number of rotatable bonds is 3. The minimum Gasteiger partial charge on any atom is -0.294 e. The van der Waals surface area contributed by atoms with Gasteiger partial charge in [0, 0.05) is 22.2 Å². The van der Waals surface area contributed by atoms with Gasteiger partial charge in [-0.1, -0.05) is 53.0 Å². The van der Waals surface area contributed by atoms with E-state index < -0.39 is 0 Å². The Labute approximate surface area is 94.8 Å². The molecule has 15 heavy (non-hydrogen) atoms. The van der Waals surface area contributed by atoms with Crippen molar-refractivity contribution in [2.45, 2.75) is 6.42 Å². The van der Waals surface area contributed by atoms with Crippen molar-refractivity contribution in [1.82, 2.24) is 0 Å². The minimum absolute atomic E-state index is 0.0471. The number of ketones is 1. The van der Waals surface area contributed by atoms with Gasteiger partial charge in [-0.3, -0.25) is 9.59 Å². The summed E-state index contributed by atoms with van der Waals surface area (Å²) in [6.07, 6.45) is 0.327. The molecule has 0 aliphatic heterocycles. The predicted octanol–water partition coefficient (Wildman–Crippen LogP) is 2.60. The number of benzene rings is 1. The van der Waals surface area contributed by atoms with Crippen molar-refractivity contribution in [1.29, 1.82) is 0 Å². The van der Waals surface area contributed by atoms with Crippen molar-refractivity contribution in [2.75, 3.05) is 0 Å². The Balaban J connectivity index is 2.14. The van der Waals surface area contributed by atoms with Gasteiger partial charge in [0.05, 0.1) is 0 Å². The highest BCUT2D eigenvalue weighted by molar-refractivity contribution is 7.26. The fourth-order valence-electron chi connectivity index (χ4n) is 1.23. The van der Waals surface area contributed by atoms with Crippen LogP contribution in [0.4, 0.5) is 0 Å². The molecule has 0 atom stereocenters. The molecule has 1 aromatic heterocycles. The van der Waals surface area contributed by atoms with Gasteiger partial charge in [0.15, 0.2) is 5.78 Å². The summed E-state index contributed by atoms with van der Waals surface area (Å²) in [5.41, 5.74) is 0.698. The summed E-state index contributed by atoms with van der Waals surface area (Å²) < 4.78 is 0.0471. The van der Waals surface area contributed by atoms with Gasteiger partial charge in [-0.15, -0.1) is 0 Å². The maximum atomic E-state index is 11.7. The number of carbonyl (C=O) groups excluding carboxylic acids is 1. The number of hydrogen-bond donors (Lipinski definition) is 0. The van der Waals surface area contributed by atoms with E-state index in [2.05, 4.69) is 0 Å². The van der Waals surface area contributed by atoms with Crippen LogP contribution in [0.15, 0.2) is 40.5 Å². The van der Waals surface area contributed by atoms with E-state index in [9.17, 15) is 9.59 Å². The fraction of sp³-hybridized carbons (Fsp3) is 0.0909. The maximum absolute atomic E-state index is 11.7. The molecule has 0 unspecified atom stereocenters. The molecule has 0 aliphatic rings. The fourth-order valence-corrected chi connectivity index (χ4v) is 2.95. The van der Waals surface area contributed by atoms with Crippen LogP contribution in [0.3, 0.4) is 0 Å². The Hall–Kier alpha value is -1.26. The standard InChI is InChI=1S/C11H8O2S2/c12-10(8-4-2-1-3-5-8)6-9-7-14-11(13)15-9/h1-5,7H,6H2. The lowest BCUT2D eigenvalue weighted by Crippen LogP contribution is -2.01. The van der Waals surface area contributed by atoms with E-state index in [1.165, 1.54) is 0 Å². The van der Waals surface area contributed by atoms with Gasteiger partial charge in [-0.05, 0) is 0 Å². The van der Waals surface area contributed by atoms with E-state index in [0.717, 1.165) is 27.6 Å². The van der Waals surface area contributed by atoms with Crippen LogP contribution in [0.2, 0.25) is 0 Å². The van der Waals surface area contributed by atoms with Crippen molar-refractivity contribution in [3.8, 4) is 0 Å². The predicted molar refractivity (Wildman–Crippen MR) is 62.9 cm³/mol. The molecule has 76 valence electrons. The van der Waals surface area contributed by atoms with Crippen molar-refractivity contribution < 1.29 is 4.79 Å². The lowest BCUT2D eigenvalue weighted by molar-refractivity contribution is 0.0994. The molecule has 2 nitrogen and oxygen atoms in total. The van der Waals surface area contributed by atoms with E-state index in [-0.39, 0.29) is 9.84 Å². The Bertz CT molecular complexity index is 511. The average Bonchev–Trinajstić information content (AvgIpc) is 2.65. The zero-order chi connectivity index (χ0) is 10.7. The first-order valence-corrected chi connectivity index (χ1v) is 6.11. The minimum atomic E-state index is 0.0471. The monoisotopic (exact) mass is 236 g/mol. The third kappa shape index (κ3) is 2.61. The molecule has 2 aromatic rings. The third-order valence-corrected chi connectivity index (χ3v) is 3.91. The first kappa shape index (κ1) is 10.3. The molecule has 1 aromatic carbocycles. The Kier molecular flexibility index (Phi) is 3.08. The summed E-state index contributed by atoms with van der Waals surface area (Å²) in [4.78, 5) is 23.5. The smallest absolute Gasteiger partial charge is 0.287 e. The quantitative estimate of drug-likeness (QED) is 0.768. The van der Waals surface area contributed by atoms with Crippen LogP contribution in [-0.2, 0) is 6.42 Å². The van der Waals surface area contributed by atoms with E-state index in [1.807, 2.05) is 18.2 Å². The highest BCUT2D eigenvalue weighted by Gasteiger charge is 2.07. The second kappa shape index (κ2) is 4.51. The van der Waals surface area contributed by atoms with Crippen molar-refractivity contribution in [2.24, 2.45) is 0 Å². The summed E-state index contributed by atoms with van der Waals surface area (Å²) in [7, 11) is 0. The molecule has 0 aliphatic carbocycles. The number of carbonyl (C=O) groups is 1. The lowest BCUT2D eigenvalue weighted by Gasteiger charge is -1.97. The van der Waals surface area contributed by atoms with E-state index in [1.54, 1.807) is 17.5 Å². The molecular weight excluding hydrogens is 228 g/mol. The van der Waals surface area contributed by atoms with Crippen LogP contribution in [0.1, 0.15) is 15.2 Å². The summed E-state index contributed by atoms with van der Waals surface area (Å²) in [6.45, 7) is 0. The molecule has 0 spiro atoms. The van der Waals surface area contributed by atoms with E-state index in [0.29, 0.717) is 12.0 Å². The highest BCUT2D eigenvalue weighted by Crippen LogP contribution is 2.11. The molecule has 4 heteroatoms. The molecular formula is C11H8O2S2. The topological polar surface area (TPSA) is 34.1 Å². The largest absolute Gasteiger partial charge is 0.294 e. The summed E-state index contributed by atoms with van der Waals surface area (Å²) in [6, 6.07) is 9.13. The summed E-state index contributed by atoms with van der Waals surface area (Å²) in [5.74, 6) is 0.0599. The first-order chi connectivity index (χ1) is 7.25. The van der Waals surface area contributed by atoms with Gasteiger partial charge in [0.1, 0.15) is 0 Å². The van der Waals surface area contributed by atoms with Crippen LogP contribution in [0.5, 0.6) is 0 Å². The van der Waals surface area contributed by atoms with E-state index >= 15 is 0 Å². The van der Waals surface area contributed by atoms with Crippen molar-refractivity contribution in [3.05, 3.63) is 55.0 Å². The van der Waals surface area contributed by atoms with Crippen LogP contribution in [0.25, 0.3) is 0 Å². The molecule has 0 radical (unpaired) electrons. The number of Topliss-reactive ketones (excluding diaryl/α,β-unsaturated/α-hetero) is 1. The molecule has 0 fully saturated rings. The molecule has 0 bridgehead atoms.